The first-order valence-corrected chi connectivity index (χ1v) is 11.0. The van der Waals surface area contributed by atoms with E-state index in [2.05, 4.69) is 0 Å². The summed E-state index contributed by atoms with van der Waals surface area (Å²) in [6, 6.07) is 17.8. The highest BCUT2D eigenvalue weighted by atomic mass is 32.1. The number of ether oxygens (including phenoxy) is 2. The number of amides is 1. The van der Waals surface area contributed by atoms with Crippen molar-refractivity contribution in [2.45, 2.75) is 32.1 Å². The molecular formula is C24H24FNO3S. The van der Waals surface area contributed by atoms with Crippen molar-refractivity contribution in [3.63, 3.8) is 0 Å². The molecule has 0 spiro atoms. The molecule has 2 aromatic carbocycles. The smallest absolute Gasteiger partial charge is 0.264 e. The zero-order chi connectivity index (χ0) is 20.8. The molecule has 4 nitrogen and oxygen atoms in total. The van der Waals surface area contributed by atoms with Gasteiger partial charge in [-0.05, 0) is 59.7 Å². The van der Waals surface area contributed by atoms with Crippen LogP contribution in [0.4, 0.5) is 4.39 Å². The Labute approximate surface area is 179 Å². The van der Waals surface area contributed by atoms with E-state index >= 15 is 0 Å². The summed E-state index contributed by atoms with van der Waals surface area (Å²) in [6.45, 7) is 2.18. The lowest BCUT2D eigenvalue weighted by atomic mass is 10.1. The summed E-state index contributed by atoms with van der Waals surface area (Å²) in [7, 11) is 0. The zero-order valence-electron chi connectivity index (χ0n) is 16.6. The number of rotatable bonds is 8. The van der Waals surface area contributed by atoms with Crippen molar-refractivity contribution in [2.24, 2.45) is 0 Å². The minimum Gasteiger partial charge on any atom is -0.489 e. The zero-order valence-corrected chi connectivity index (χ0v) is 17.4. The van der Waals surface area contributed by atoms with Gasteiger partial charge >= 0.3 is 0 Å². The highest BCUT2D eigenvalue weighted by Gasteiger charge is 2.24. The van der Waals surface area contributed by atoms with Gasteiger partial charge in [0.25, 0.3) is 5.91 Å². The topological polar surface area (TPSA) is 38.8 Å². The van der Waals surface area contributed by atoms with Crippen LogP contribution in [0, 0.1) is 5.82 Å². The fourth-order valence-electron chi connectivity index (χ4n) is 3.51. The molecule has 0 aliphatic carbocycles. The Morgan fingerprint density at radius 2 is 2.00 bits per heavy atom. The van der Waals surface area contributed by atoms with E-state index in [-0.39, 0.29) is 17.8 Å². The van der Waals surface area contributed by atoms with Crippen LogP contribution >= 0.6 is 11.3 Å². The molecule has 1 aromatic heterocycles. The average molecular weight is 426 g/mol. The third-order valence-corrected chi connectivity index (χ3v) is 5.92. The number of halogens is 1. The monoisotopic (exact) mass is 425 g/mol. The van der Waals surface area contributed by atoms with Crippen molar-refractivity contribution in [1.29, 1.82) is 0 Å². The second-order valence-corrected chi connectivity index (χ2v) is 8.31. The Balaban J connectivity index is 1.40. The van der Waals surface area contributed by atoms with E-state index in [1.54, 1.807) is 6.07 Å². The lowest BCUT2D eigenvalue weighted by molar-refractivity contribution is 0.0511. The van der Waals surface area contributed by atoms with Crippen LogP contribution in [0.3, 0.4) is 0 Å². The predicted octanol–water partition coefficient (Wildman–Crippen LogP) is 5.29. The molecular weight excluding hydrogens is 401 g/mol. The quantitative estimate of drug-likeness (QED) is 0.492. The van der Waals surface area contributed by atoms with Gasteiger partial charge in [-0.25, -0.2) is 4.39 Å². The van der Waals surface area contributed by atoms with Crippen molar-refractivity contribution < 1.29 is 18.7 Å². The van der Waals surface area contributed by atoms with Gasteiger partial charge in [-0.2, -0.15) is 0 Å². The van der Waals surface area contributed by atoms with Crippen molar-refractivity contribution in [1.82, 2.24) is 4.90 Å². The van der Waals surface area contributed by atoms with Crippen LogP contribution in [0.25, 0.3) is 0 Å². The normalized spacial score (nSPS) is 15.8. The minimum absolute atomic E-state index is 0.0342. The molecule has 156 valence electrons. The fraction of sp³-hybridized carbons (Fsp3) is 0.292. The summed E-state index contributed by atoms with van der Waals surface area (Å²) in [5.41, 5.74) is 1.80. The summed E-state index contributed by atoms with van der Waals surface area (Å²) in [5, 5.41) is 1.92. The Hall–Kier alpha value is -2.70. The maximum atomic E-state index is 13.3. The molecule has 0 N–H and O–H groups in total. The number of carbonyl (C=O) groups excluding carboxylic acids is 1. The van der Waals surface area contributed by atoms with E-state index in [1.807, 2.05) is 52.7 Å². The molecule has 1 aliphatic rings. The predicted molar refractivity (Wildman–Crippen MR) is 115 cm³/mol. The van der Waals surface area contributed by atoms with Gasteiger partial charge < -0.3 is 14.4 Å². The van der Waals surface area contributed by atoms with Crippen LogP contribution in [0.5, 0.6) is 5.75 Å². The van der Waals surface area contributed by atoms with Crippen molar-refractivity contribution in [3.8, 4) is 5.75 Å². The van der Waals surface area contributed by atoms with E-state index in [0.717, 1.165) is 35.5 Å². The van der Waals surface area contributed by atoms with E-state index in [1.165, 1.54) is 23.5 Å². The minimum atomic E-state index is -0.270. The van der Waals surface area contributed by atoms with Crippen molar-refractivity contribution >= 4 is 17.2 Å². The highest BCUT2D eigenvalue weighted by molar-refractivity contribution is 7.12. The van der Waals surface area contributed by atoms with E-state index < -0.39 is 0 Å². The van der Waals surface area contributed by atoms with Gasteiger partial charge in [-0.15, -0.1) is 11.3 Å². The molecule has 4 rings (SSSR count). The SMILES string of the molecule is O=C(c1cccs1)N(Cc1ccc(OCc2cccc(F)c2)cc1)C[C@H]1CCCO1. The lowest BCUT2D eigenvalue weighted by Gasteiger charge is -2.25. The summed E-state index contributed by atoms with van der Waals surface area (Å²) in [6.07, 6.45) is 2.13. The van der Waals surface area contributed by atoms with Gasteiger partial charge in [0, 0.05) is 19.7 Å². The van der Waals surface area contributed by atoms with E-state index in [9.17, 15) is 9.18 Å². The molecule has 0 radical (unpaired) electrons. The van der Waals surface area contributed by atoms with Crippen LogP contribution in [-0.4, -0.2) is 30.1 Å². The van der Waals surface area contributed by atoms with Gasteiger partial charge in [-0.1, -0.05) is 30.3 Å². The van der Waals surface area contributed by atoms with Gasteiger partial charge in [0.15, 0.2) is 0 Å². The highest BCUT2D eigenvalue weighted by Crippen LogP contribution is 2.21. The van der Waals surface area contributed by atoms with Crippen molar-refractivity contribution in [2.75, 3.05) is 13.2 Å². The summed E-state index contributed by atoms with van der Waals surface area (Å²) >= 11 is 1.46. The van der Waals surface area contributed by atoms with Crippen LogP contribution in [0.2, 0.25) is 0 Å². The summed E-state index contributed by atoms with van der Waals surface area (Å²) in [5.74, 6) is 0.471. The van der Waals surface area contributed by atoms with Crippen LogP contribution in [0.15, 0.2) is 66.0 Å². The molecule has 3 aromatic rings. The molecule has 0 bridgehead atoms. The molecule has 2 heterocycles. The lowest BCUT2D eigenvalue weighted by Crippen LogP contribution is -2.36. The molecule has 1 amide bonds. The number of carbonyl (C=O) groups is 1. The first-order valence-electron chi connectivity index (χ1n) is 10.1. The van der Waals surface area contributed by atoms with Gasteiger partial charge in [0.2, 0.25) is 0 Å². The Bertz CT molecular complexity index is 953. The van der Waals surface area contributed by atoms with Gasteiger partial charge in [-0.3, -0.25) is 4.79 Å². The number of benzene rings is 2. The molecule has 1 aliphatic heterocycles. The standard InChI is InChI=1S/C24H24FNO3S/c25-20-5-1-4-19(14-20)17-29-21-10-8-18(9-11-21)15-26(16-22-6-2-12-28-22)24(27)23-7-3-13-30-23/h1,3-5,7-11,13-14,22H,2,6,12,15-17H2/t22-/m1/s1. The molecule has 1 atom stereocenters. The largest absolute Gasteiger partial charge is 0.489 e. The molecule has 1 saturated heterocycles. The van der Waals surface area contributed by atoms with E-state index in [0.29, 0.717) is 25.4 Å². The molecule has 30 heavy (non-hydrogen) atoms. The van der Waals surface area contributed by atoms with Crippen LogP contribution in [-0.2, 0) is 17.9 Å². The maximum Gasteiger partial charge on any atom is 0.264 e. The van der Waals surface area contributed by atoms with Crippen molar-refractivity contribution in [3.05, 3.63) is 87.9 Å². The Morgan fingerprint density at radius 3 is 2.70 bits per heavy atom. The fourth-order valence-corrected chi connectivity index (χ4v) is 4.21. The summed E-state index contributed by atoms with van der Waals surface area (Å²) in [4.78, 5) is 15.6. The van der Waals surface area contributed by atoms with Crippen LogP contribution in [0.1, 0.15) is 33.6 Å². The van der Waals surface area contributed by atoms with Gasteiger partial charge in [0.1, 0.15) is 18.2 Å². The summed E-state index contributed by atoms with van der Waals surface area (Å²) < 4.78 is 24.8. The third-order valence-electron chi connectivity index (χ3n) is 5.06. The Morgan fingerprint density at radius 1 is 1.13 bits per heavy atom. The second kappa shape index (κ2) is 9.87. The molecule has 0 unspecified atom stereocenters. The first-order chi connectivity index (χ1) is 14.7. The number of hydrogen-bond donors (Lipinski definition) is 0. The Kier molecular flexibility index (Phi) is 6.77. The average Bonchev–Trinajstić information content (AvgIpc) is 3.47. The number of hydrogen-bond acceptors (Lipinski definition) is 4. The second-order valence-electron chi connectivity index (χ2n) is 7.36. The van der Waals surface area contributed by atoms with Gasteiger partial charge in [0.05, 0.1) is 11.0 Å². The third kappa shape index (κ3) is 5.46. The van der Waals surface area contributed by atoms with E-state index in [4.69, 9.17) is 9.47 Å². The molecule has 6 heteroatoms. The number of thiophene rings is 1. The first kappa shape index (κ1) is 20.6. The maximum absolute atomic E-state index is 13.3. The number of nitrogens with zero attached hydrogens (tertiary/aromatic N) is 1. The molecule has 0 saturated carbocycles. The van der Waals surface area contributed by atoms with Crippen LogP contribution < -0.4 is 4.74 Å². The molecule has 1 fully saturated rings.